The molecule has 10 heteroatoms. The van der Waals surface area contributed by atoms with Crippen molar-refractivity contribution in [3.8, 4) is 5.75 Å². The minimum atomic E-state index is -0.903. The van der Waals surface area contributed by atoms with Gasteiger partial charge in [-0.2, -0.15) is 0 Å². The second kappa shape index (κ2) is 13.4. The number of allylic oxidation sites excluding steroid dienone is 2. The van der Waals surface area contributed by atoms with Crippen LogP contribution in [0.25, 0.3) is 0 Å². The molecule has 0 saturated heterocycles. The van der Waals surface area contributed by atoms with Crippen molar-refractivity contribution in [2.45, 2.75) is 39.0 Å². The van der Waals surface area contributed by atoms with Crippen LogP contribution in [0.4, 0.5) is 5.69 Å². The predicted octanol–water partition coefficient (Wildman–Crippen LogP) is 3.94. The first kappa shape index (κ1) is 28.4. The number of nitrogens with one attached hydrogen (secondary N) is 1. The van der Waals surface area contributed by atoms with Gasteiger partial charge >= 0.3 is 11.9 Å². The lowest BCUT2D eigenvalue weighted by atomic mass is 9.79. The number of esters is 2. The summed E-state index contributed by atoms with van der Waals surface area (Å²) in [7, 11) is 1.25. The van der Waals surface area contributed by atoms with E-state index in [4.69, 9.17) is 19.3 Å². The molecule has 0 bridgehead atoms. The van der Waals surface area contributed by atoms with Crippen molar-refractivity contribution in [3.63, 3.8) is 0 Å². The van der Waals surface area contributed by atoms with Crippen LogP contribution in [0.3, 0.4) is 0 Å². The molecule has 0 saturated carbocycles. The molecule has 2 N–H and O–H groups in total. The molecule has 0 fully saturated rings. The Labute approximate surface area is 221 Å². The van der Waals surface area contributed by atoms with Crippen LogP contribution in [0.2, 0.25) is 0 Å². The van der Waals surface area contributed by atoms with E-state index in [1.807, 2.05) is 31.2 Å². The number of hydrogen-bond acceptors (Lipinski definition) is 9. The standard InChI is InChI=1S/C28H32N2O8/c1-4-23-26(27(32)36-3)25(20-7-5-8-21(17-20)30(34)35)24(18(2)29-23)28(33)38-16-6-15-37-22-11-9-19(10-12-22)13-14-31/h5,7-12,17,25,29,31H,4,6,13-16H2,1-3H3. The van der Waals surface area contributed by atoms with Gasteiger partial charge in [-0.25, -0.2) is 9.59 Å². The van der Waals surface area contributed by atoms with E-state index in [1.165, 1.54) is 25.3 Å². The third kappa shape index (κ3) is 6.77. The van der Waals surface area contributed by atoms with Gasteiger partial charge in [-0.15, -0.1) is 0 Å². The lowest BCUT2D eigenvalue weighted by molar-refractivity contribution is -0.384. The SMILES string of the molecule is CCC1=C(C(=O)OC)C(c2cccc([N+](=O)[O-])c2)C(C(=O)OCCCOc2ccc(CCO)cc2)=C(C)N1. The van der Waals surface area contributed by atoms with Gasteiger partial charge in [0.15, 0.2) is 0 Å². The Balaban J connectivity index is 1.77. The Bertz CT molecular complexity index is 1230. The number of dihydropyridines is 1. The summed E-state index contributed by atoms with van der Waals surface area (Å²) in [6.45, 7) is 4.01. The third-order valence-corrected chi connectivity index (χ3v) is 6.15. The van der Waals surface area contributed by atoms with Gasteiger partial charge in [-0.05, 0) is 43.0 Å². The highest BCUT2D eigenvalue weighted by Crippen LogP contribution is 2.40. The summed E-state index contributed by atoms with van der Waals surface area (Å²) in [5.41, 5.74) is 2.71. The smallest absolute Gasteiger partial charge is 0.336 e. The molecule has 0 spiro atoms. The average molecular weight is 525 g/mol. The number of nitrogens with zero attached hydrogens (tertiary/aromatic N) is 1. The maximum Gasteiger partial charge on any atom is 0.336 e. The number of aliphatic hydroxyl groups is 1. The van der Waals surface area contributed by atoms with E-state index in [-0.39, 0.29) is 30.0 Å². The molecule has 0 aromatic heterocycles. The van der Waals surface area contributed by atoms with Gasteiger partial charge in [0, 0.05) is 36.6 Å². The largest absolute Gasteiger partial charge is 0.493 e. The average Bonchev–Trinajstić information content (AvgIpc) is 2.92. The van der Waals surface area contributed by atoms with Gasteiger partial charge in [0.05, 0.1) is 42.3 Å². The fourth-order valence-electron chi connectivity index (χ4n) is 4.32. The van der Waals surface area contributed by atoms with Crippen molar-refractivity contribution >= 4 is 17.6 Å². The summed E-state index contributed by atoms with van der Waals surface area (Å²) >= 11 is 0. The number of hydrogen-bond donors (Lipinski definition) is 2. The normalized spacial score (nSPS) is 15.1. The lowest BCUT2D eigenvalue weighted by Crippen LogP contribution is -2.33. The number of nitro groups is 1. The van der Waals surface area contributed by atoms with Crippen LogP contribution in [0.5, 0.6) is 5.75 Å². The summed E-state index contributed by atoms with van der Waals surface area (Å²) in [5, 5.41) is 23.6. The van der Waals surface area contributed by atoms with E-state index in [9.17, 15) is 19.7 Å². The molecule has 1 heterocycles. The van der Waals surface area contributed by atoms with Crippen LogP contribution < -0.4 is 10.1 Å². The molecule has 1 atom stereocenters. The van der Waals surface area contributed by atoms with E-state index in [2.05, 4.69) is 5.32 Å². The van der Waals surface area contributed by atoms with Crippen LogP contribution >= 0.6 is 0 Å². The summed E-state index contributed by atoms with van der Waals surface area (Å²) in [6.07, 6.45) is 1.45. The van der Waals surface area contributed by atoms with E-state index in [1.54, 1.807) is 13.0 Å². The molecule has 0 radical (unpaired) electrons. The van der Waals surface area contributed by atoms with E-state index in [0.29, 0.717) is 48.6 Å². The maximum atomic E-state index is 13.3. The van der Waals surface area contributed by atoms with Crippen molar-refractivity contribution in [3.05, 3.63) is 92.3 Å². The molecule has 2 aromatic carbocycles. The van der Waals surface area contributed by atoms with Gasteiger partial charge in [-0.1, -0.05) is 31.2 Å². The number of aliphatic hydroxyl groups excluding tert-OH is 1. The highest BCUT2D eigenvalue weighted by Gasteiger charge is 2.38. The van der Waals surface area contributed by atoms with Crippen molar-refractivity contribution in [2.75, 3.05) is 26.9 Å². The minimum Gasteiger partial charge on any atom is -0.493 e. The zero-order valence-electron chi connectivity index (χ0n) is 21.7. The molecule has 0 aliphatic carbocycles. The molecule has 202 valence electrons. The molecule has 38 heavy (non-hydrogen) atoms. The molecule has 10 nitrogen and oxygen atoms in total. The summed E-state index contributed by atoms with van der Waals surface area (Å²) < 4.78 is 16.3. The van der Waals surface area contributed by atoms with Gasteiger partial charge in [0.1, 0.15) is 5.75 Å². The number of methoxy groups -OCH3 is 1. The molecule has 3 rings (SSSR count). The van der Waals surface area contributed by atoms with Gasteiger partial charge in [-0.3, -0.25) is 10.1 Å². The summed E-state index contributed by atoms with van der Waals surface area (Å²) in [4.78, 5) is 37.0. The zero-order chi connectivity index (χ0) is 27.7. The number of nitro benzene ring substituents is 1. The van der Waals surface area contributed by atoms with Crippen LogP contribution in [-0.2, 0) is 25.5 Å². The Morgan fingerprint density at radius 3 is 2.45 bits per heavy atom. The van der Waals surface area contributed by atoms with Gasteiger partial charge < -0.3 is 24.6 Å². The topological polar surface area (TPSA) is 137 Å². The quantitative estimate of drug-likeness (QED) is 0.183. The summed E-state index contributed by atoms with van der Waals surface area (Å²) in [6, 6.07) is 13.2. The molecular weight excluding hydrogens is 492 g/mol. The van der Waals surface area contributed by atoms with Crippen LogP contribution in [0, 0.1) is 10.1 Å². The zero-order valence-corrected chi connectivity index (χ0v) is 21.7. The molecule has 1 aliphatic heterocycles. The van der Waals surface area contributed by atoms with E-state index < -0.39 is 22.8 Å². The molecule has 0 amide bonds. The first-order valence-electron chi connectivity index (χ1n) is 12.3. The van der Waals surface area contributed by atoms with E-state index >= 15 is 0 Å². The Kier molecular flexibility index (Phi) is 10.0. The minimum absolute atomic E-state index is 0.0672. The number of carbonyl (C=O) groups is 2. The number of non-ortho nitro benzene ring substituents is 1. The monoisotopic (exact) mass is 524 g/mol. The second-order valence-electron chi connectivity index (χ2n) is 8.64. The Morgan fingerprint density at radius 2 is 1.82 bits per heavy atom. The van der Waals surface area contributed by atoms with Crippen LogP contribution in [-0.4, -0.2) is 48.9 Å². The van der Waals surface area contributed by atoms with E-state index in [0.717, 1.165) is 5.56 Å². The van der Waals surface area contributed by atoms with Crippen molar-refractivity contribution in [2.24, 2.45) is 0 Å². The maximum absolute atomic E-state index is 13.3. The van der Waals surface area contributed by atoms with Crippen LogP contribution in [0.1, 0.15) is 43.7 Å². The first-order chi connectivity index (χ1) is 18.3. The van der Waals surface area contributed by atoms with Crippen LogP contribution in [0.15, 0.2) is 71.1 Å². The number of carbonyl (C=O) groups excluding carboxylic acids is 2. The third-order valence-electron chi connectivity index (χ3n) is 6.15. The molecule has 1 aliphatic rings. The lowest BCUT2D eigenvalue weighted by Gasteiger charge is -2.31. The number of benzene rings is 2. The summed E-state index contributed by atoms with van der Waals surface area (Å²) in [5.74, 6) is -1.52. The fraction of sp³-hybridized carbons (Fsp3) is 0.357. The van der Waals surface area contributed by atoms with Crippen molar-refractivity contribution in [1.29, 1.82) is 0 Å². The number of rotatable bonds is 12. The first-order valence-corrected chi connectivity index (χ1v) is 12.3. The predicted molar refractivity (Wildman–Crippen MR) is 139 cm³/mol. The van der Waals surface area contributed by atoms with Gasteiger partial charge in [0.2, 0.25) is 0 Å². The molecular formula is C28H32N2O8. The highest BCUT2D eigenvalue weighted by atomic mass is 16.6. The Morgan fingerprint density at radius 1 is 1.08 bits per heavy atom. The second-order valence-corrected chi connectivity index (χ2v) is 8.64. The Hall–Kier alpha value is -4.18. The molecule has 2 aromatic rings. The van der Waals surface area contributed by atoms with Crippen molar-refractivity contribution < 1.29 is 33.8 Å². The number of ether oxygens (including phenoxy) is 3. The highest BCUT2D eigenvalue weighted by molar-refractivity contribution is 6.00. The van der Waals surface area contributed by atoms with Crippen molar-refractivity contribution in [1.82, 2.24) is 5.32 Å². The fourth-order valence-corrected chi connectivity index (χ4v) is 4.32. The van der Waals surface area contributed by atoms with Gasteiger partial charge in [0.25, 0.3) is 5.69 Å². The molecule has 1 unspecified atom stereocenters.